The molecule has 1 saturated carbocycles. The van der Waals surface area contributed by atoms with Crippen molar-refractivity contribution >= 4 is 27.2 Å². The van der Waals surface area contributed by atoms with E-state index in [4.69, 9.17) is 13.3 Å². The van der Waals surface area contributed by atoms with Gasteiger partial charge in [-0.15, -0.1) is 0 Å². The van der Waals surface area contributed by atoms with Gasteiger partial charge in [-0.25, -0.2) is 0 Å². The van der Waals surface area contributed by atoms with E-state index in [1.807, 2.05) is 20.8 Å². The Balaban J connectivity index is 2.23. The Morgan fingerprint density at radius 1 is 1.19 bits per heavy atom. The summed E-state index contributed by atoms with van der Waals surface area (Å²) in [5.74, 6) is 1.42. The first-order valence-corrected chi connectivity index (χ1v) is 10.2. The predicted octanol–water partition coefficient (Wildman–Crippen LogP) is 2.66. The van der Waals surface area contributed by atoms with Crippen molar-refractivity contribution in [2.45, 2.75) is 33.6 Å². The maximum atomic E-state index is 11.9. The first-order valence-electron chi connectivity index (χ1n) is 7.89. The summed E-state index contributed by atoms with van der Waals surface area (Å²) in [4.78, 5) is 11.9. The van der Waals surface area contributed by atoms with Gasteiger partial charge in [0, 0.05) is 31.5 Å². The van der Waals surface area contributed by atoms with Crippen molar-refractivity contribution in [2.24, 2.45) is 17.8 Å². The van der Waals surface area contributed by atoms with Gasteiger partial charge < -0.3 is 13.3 Å². The smallest absolute Gasteiger partial charge is 0.370 e. The number of fused-ring (bicyclic) bond motifs is 2. The molecule has 3 atom stereocenters. The summed E-state index contributed by atoms with van der Waals surface area (Å²) in [6.07, 6.45) is 4.15. The number of hydrogen-bond donors (Lipinski definition) is 1. The van der Waals surface area contributed by atoms with Crippen LogP contribution in [-0.4, -0.2) is 40.2 Å². The molecule has 2 rings (SSSR count). The number of carbonyl (C=O) groups excluding carboxylic acids is 1. The van der Waals surface area contributed by atoms with E-state index in [0.29, 0.717) is 37.4 Å². The van der Waals surface area contributed by atoms with Gasteiger partial charge >= 0.3 is 8.80 Å². The van der Waals surface area contributed by atoms with Gasteiger partial charge in [0.25, 0.3) is 0 Å². The molecule has 0 radical (unpaired) electrons. The highest BCUT2D eigenvalue weighted by Crippen LogP contribution is 2.51. The summed E-state index contributed by atoms with van der Waals surface area (Å²) < 4.78 is 18.0. The van der Waals surface area contributed by atoms with Crippen LogP contribution in [0.15, 0.2) is 11.3 Å². The van der Waals surface area contributed by atoms with E-state index in [2.05, 4.69) is 18.7 Å². The minimum atomic E-state index is -2.76. The van der Waals surface area contributed by atoms with Gasteiger partial charge in [0.15, 0.2) is 0 Å². The Morgan fingerprint density at radius 2 is 1.76 bits per heavy atom. The summed E-state index contributed by atoms with van der Waals surface area (Å²) in [6, 6.07) is 0. The van der Waals surface area contributed by atoms with Crippen LogP contribution >= 0.6 is 12.6 Å². The standard InChI is InChI=1S/C15H26O4SSi/c1-4-17-21(18-5-2,19-6-3)15-9-11-7-12(15)8-13(11)14(16)10-20/h9,11-13,20H,4-8,10H2,1-3H3. The molecule has 4 nitrogen and oxygen atoms in total. The Bertz CT molecular complexity index is 395. The number of carbonyl (C=O) groups is 1. The topological polar surface area (TPSA) is 44.8 Å². The molecule has 2 bridgehead atoms. The molecule has 0 N–H and O–H groups in total. The second-order valence-electron chi connectivity index (χ2n) is 5.54. The third-order valence-electron chi connectivity index (χ3n) is 4.37. The average Bonchev–Trinajstić information content (AvgIpc) is 3.07. The third kappa shape index (κ3) is 3.29. The van der Waals surface area contributed by atoms with E-state index >= 15 is 0 Å². The van der Waals surface area contributed by atoms with Crippen molar-refractivity contribution in [3.8, 4) is 0 Å². The Hall–Kier alpha value is -0.143. The molecule has 1 fully saturated rings. The third-order valence-corrected chi connectivity index (χ3v) is 7.97. The molecular weight excluding hydrogens is 304 g/mol. The molecule has 21 heavy (non-hydrogen) atoms. The van der Waals surface area contributed by atoms with Crippen molar-refractivity contribution in [2.75, 3.05) is 25.6 Å². The fourth-order valence-corrected chi connectivity index (χ4v) is 6.94. The normalized spacial score (nSPS) is 28.0. The molecule has 2 aliphatic carbocycles. The largest absolute Gasteiger partial charge is 0.532 e. The first kappa shape index (κ1) is 17.2. The Morgan fingerprint density at radius 3 is 2.14 bits per heavy atom. The van der Waals surface area contributed by atoms with Crippen molar-refractivity contribution in [1.82, 2.24) is 0 Å². The molecule has 0 heterocycles. The molecule has 0 aromatic rings. The van der Waals surface area contributed by atoms with E-state index in [1.54, 1.807) is 0 Å². The lowest BCUT2D eigenvalue weighted by atomic mass is 9.90. The molecule has 0 saturated heterocycles. The molecule has 120 valence electrons. The van der Waals surface area contributed by atoms with Crippen molar-refractivity contribution in [3.05, 3.63) is 11.3 Å². The van der Waals surface area contributed by atoms with Crippen LogP contribution in [0.4, 0.5) is 0 Å². The second-order valence-corrected chi connectivity index (χ2v) is 8.41. The minimum absolute atomic E-state index is 0.132. The summed E-state index contributed by atoms with van der Waals surface area (Å²) in [5, 5.41) is 1.21. The molecule has 0 aromatic carbocycles. The number of rotatable bonds is 9. The van der Waals surface area contributed by atoms with Crippen molar-refractivity contribution < 1.29 is 18.1 Å². The van der Waals surface area contributed by atoms with Crippen LogP contribution in [0.2, 0.25) is 0 Å². The summed E-state index contributed by atoms with van der Waals surface area (Å²) in [5.41, 5.74) is 0. The van der Waals surface area contributed by atoms with Gasteiger partial charge in [-0.2, -0.15) is 12.6 Å². The van der Waals surface area contributed by atoms with E-state index < -0.39 is 8.80 Å². The van der Waals surface area contributed by atoms with Crippen LogP contribution in [0.5, 0.6) is 0 Å². The highest BCUT2D eigenvalue weighted by Gasteiger charge is 2.55. The van der Waals surface area contributed by atoms with Gasteiger partial charge in [-0.1, -0.05) is 6.08 Å². The van der Waals surface area contributed by atoms with Crippen LogP contribution < -0.4 is 0 Å². The zero-order chi connectivity index (χ0) is 15.5. The van der Waals surface area contributed by atoms with Gasteiger partial charge in [0.2, 0.25) is 0 Å². The molecular formula is C15H26O4SSi. The maximum absolute atomic E-state index is 11.9. The highest BCUT2D eigenvalue weighted by atomic mass is 32.1. The zero-order valence-electron chi connectivity index (χ0n) is 13.1. The lowest BCUT2D eigenvalue weighted by Crippen LogP contribution is -2.50. The van der Waals surface area contributed by atoms with E-state index in [1.165, 1.54) is 5.20 Å². The number of thiol groups is 1. The predicted molar refractivity (Wildman–Crippen MR) is 87.3 cm³/mol. The van der Waals surface area contributed by atoms with E-state index in [0.717, 1.165) is 12.8 Å². The van der Waals surface area contributed by atoms with Gasteiger partial charge in [-0.3, -0.25) is 4.79 Å². The maximum Gasteiger partial charge on any atom is 0.532 e. The van der Waals surface area contributed by atoms with E-state index in [-0.39, 0.29) is 11.7 Å². The summed E-state index contributed by atoms with van der Waals surface area (Å²) in [6.45, 7) is 7.67. The lowest BCUT2D eigenvalue weighted by molar-refractivity contribution is -0.121. The van der Waals surface area contributed by atoms with Crippen molar-refractivity contribution in [1.29, 1.82) is 0 Å². The molecule has 0 spiro atoms. The molecule has 0 amide bonds. The van der Waals surface area contributed by atoms with Crippen molar-refractivity contribution in [3.63, 3.8) is 0 Å². The van der Waals surface area contributed by atoms with Crippen LogP contribution in [0.1, 0.15) is 33.6 Å². The molecule has 2 aliphatic rings. The number of Topliss-reactive ketones (excluding diaryl/α,β-unsaturated/α-hetero) is 1. The SMILES string of the molecule is CCO[Si](OCC)(OCC)C1=CC2CC1CC2C(=O)CS. The number of allylic oxidation sites excluding steroid dienone is 2. The van der Waals surface area contributed by atoms with Crippen LogP contribution in [-0.2, 0) is 18.1 Å². The average molecular weight is 331 g/mol. The molecule has 0 aliphatic heterocycles. The van der Waals surface area contributed by atoms with Gasteiger partial charge in [-0.05, 0) is 50.6 Å². The van der Waals surface area contributed by atoms with Gasteiger partial charge in [0.05, 0.1) is 0 Å². The lowest BCUT2D eigenvalue weighted by Gasteiger charge is -2.33. The van der Waals surface area contributed by atoms with Gasteiger partial charge in [0.1, 0.15) is 5.78 Å². The summed E-state index contributed by atoms with van der Waals surface area (Å²) in [7, 11) is -2.76. The Kier molecular flexibility index (Phi) is 6.08. The molecule has 0 aromatic heterocycles. The zero-order valence-corrected chi connectivity index (χ0v) is 15.0. The van der Waals surface area contributed by atoms with Crippen LogP contribution in [0.3, 0.4) is 0 Å². The first-order chi connectivity index (χ1) is 10.1. The quantitative estimate of drug-likeness (QED) is 0.521. The molecule has 6 heteroatoms. The monoisotopic (exact) mass is 330 g/mol. The fourth-order valence-electron chi connectivity index (χ4n) is 3.66. The second kappa shape index (κ2) is 7.42. The fraction of sp³-hybridized carbons (Fsp3) is 0.800. The number of ketones is 1. The Labute approximate surface area is 134 Å². The minimum Gasteiger partial charge on any atom is -0.370 e. The number of hydrogen-bond acceptors (Lipinski definition) is 5. The van der Waals surface area contributed by atoms with Crippen LogP contribution in [0, 0.1) is 17.8 Å². The van der Waals surface area contributed by atoms with Crippen LogP contribution in [0.25, 0.3) is 0 Å². The molecule has 3 unspecified atom stereocenters. The van der Waals surface area contributed by atoms with E-state index in [9.17, 15) is 4.79 Å². The summed E-state index contributed by atoms with van der Waals surface area (Å²) >= 11 is 4.13. The highest BCUT2D eigenvalue weighted by molar-refractivity contribution is 7.81.